The lowest BCUT2D eigenvalue weighted by atomic mass is 10.2. The number of halogens is 1. The van der Waals surface area contributed by atoms with E-state index in [4.69, 9.17) is 4.74 Å². The summed E-state index contributed by atoms with van der Waals surface area (Å²) in [7, 11) is -4.15. The molecule has 9 nitrogen and oxygen atoms in total. The van der Waals surface area contributed by atoms with Crippen LogP contribution in [0.1, 0.15) is 28.7 Å². The molecule has 4 rings (SSSR count). The van der Waals surface area contributed by atoms with Crippen LogP contribution in [0.2, 0.25) is 0 Å². The standard InChI is InChI=1S/C27H23BrN4O5S/c1-2-37-26(33)25-24(28)23(18-13-19-9-5-3-6-10-19)32(30-25)21-14-16-22(17-15-21)38(35,36)31-27(34)29-20-11-7-4-8-12-20/h3-18H,2H2,1H3,(H2,29,31,34)/b18-13+. The van der Waals surface area contributed by atoms with Gasteiger partial charge in [-0.15, -0.1) is 0 Å². The number of hydrogen-bond donors (Lipinski definition) is 2. The third-order valence-corrected chi connectivity index (χ3v) is 7.34. The van der Waals surface area contributed by atoms with Gasteiger partial charge in [0.25, 0.3) is 10.0 Å². The van der Waals surface area contributed by atoms with Crippen molar-refractivity contribution in [3.63, 3.8) is 0 Å². The van der Waals surface area contributed by atoms with Crippen LogP contribution in [0.5, 0.6) is 0 Å². The van der Waals surface area contributed by atoms with Crippen LogP contribution in [0.25, 0.3) is 17.8 Å². The van der Waals surface area contributed by atoms with Crippen molar-refractivity contribution in [3.8, 4) is 5.69 Å². The largest absolute Gasteiger partial charge is 0.461 e. The van der Waals surface area contributed by atoms with E-state index >= 15 is 0 Å². The van der Waals surface area contributed by atoms with Crippen molar-refractivity contribution in [3.05, 3.63) is 106 Å². The Kier molecular flexibility index (Phi) is 8.39. The maximum Gasteiger partial charge on any atom is 0.360 e. The zero-order valence-electron chi connectivity index (χ0n) is 20.2. The molecule has 0 fully saturated rings. The lowest BCUT2D eigenvalue weighted by Crippen LogP contribution is -2.34. The minimum Gasteiger partial charge on any atom is -0.461 e. The second-order valence-corrected chi connectivity index (χ2v) is 10.3. The molecule has 2 N–H and O–H groups in total. The maximum absolute atomic E-state index is 12.8. The summed E-state index contributed by atoms with van der Waals surface area (Å²) in [5, 5.41) is 6.88. The van der Waals surface area contributed by atoms with Crippen molar-refractivity contribution in [2.24, 2.45) is 0 Å². The number of nitrogens with one attached hydrogen (secondary N) is 2. The molecule has 0 saturated carbocycles. The molecule has 194 valence electrons. The lowest BCUT2D eigenvalue weighted by molar-refractivity contribution is 0.0518. The van der Waals surface area contributed by atoms with E-state index in [-0.39, 0.29) is 17.2 Å². The van der Waals surface area contributed by atoms with Crippen molar-refractivity contribution < 1.29 is 22.7 Å². The van der Waals surface area contributed by atoms with Gasteiger partial charge in [0.1, 0.15) is 0 Å². The number of carbonyl (C=O) groups excluding carboxylic acids is 2. The van der Waals surface area contributed by atoms with Gasteiger partial charge in [0.15, 0.2) is 5.69 Å². The van der Waals surface area contributed by atoms with Crippen molar-refractivity contribution in [2.75, 3.05) is 11.9 Å². The number of nitrogens with zero attached hydrogens (tertiary/aromatic N) is 2. The average molecular weight is 595 g/mol. The predicted octanol–water partition coefficient (Wildman–Crippen LogP) is 5.49. The highest BCUT2D eigenvalue weighted by molar-refractivity contribution is 9.10. The van der Waals surface area contributed by atoms with Crippen molar-refractivity contribution in [2.45, 2.75) is 11.8 Å². The molecule has 1 heterocycles. The number of aromatic nitrogens is 2. The van der Waals surface area contributed by atoms with Gasteiger partial charge in [0, 0.05) is 5.69 Å². The third kappa shape index (κ3) is 6.36. The van der Waals surface area contributed by atoms with Gasteiger partial charge in [0.05, 0.1) is 27.4 Å². The molecule has 4 aromatic rings. The fourth-order valence-corrected chi connectivity index (χ4v) is 4.90. The third-order valence-electron chi connectivity index (χ3n) is 5.21. The number of hydrogen-bond acceptors (Lipinski definition) is 6. The Balaban J connectivity index is 1.62. The summed E-state index contributed by atoms with van der Waals surface area (Å²) >= 11 is 3.46. The van der Waals surface area contributed by atoms with Gasteiger partial charge in [-0.05, 0) is 70.9 Å². The molecule has 0 bridgehead atoms. The molecule has 11 heteroatoms. The topological polar surface area (TPSA) is 119 Å². The Bertz CT molecular complexity index is 1570. The Labute approximate surface area is 228 Å². The van der Waals surface area contributed by atoms with Crippen LogP contribution >= 0.6 is 15.9 Å². The number of ether oxygens (including phenoxy) is 1. The number of urea groups is 1. The number of esters is 1. The number of sulfonamides is 1. The van der Waals surface area contributed by atoms with Gasteiger partial charge in [-0.3, -0.25) is 0 Å². The summed E-state index contributed by atoms with van der Waals surface area (Å²) in [5.41, 5.74) is 2.50. The molecule has 0 atom stereocenters. The SMILES string of the molecule is CCOC(=O)c1nn(-c2ccc(S(=O)(=O)NC(=O)Nc3ccccc3)cc2)c(/C=C/c2ccccc2)c1Br. The van der Waals surface area contributed by atoms with Crippen LogP contribution in [0, 0.1) is 0 Å². The summed E-state index contributed by atoms with van der Waals surface area (Å²) in [4.78, 5) is 24.6. The fourth-order valence-electron chi connectivity index (χ4n) is 3.45. The Morgan fingerprint density at radius 2 is 1.58 bits per heavy atom. The van der Waals surface area contributed by atoms with Crippen molar-refractivity contribution in [1.82, 2.24) is 14.5 Å². The zero-order chi connectivity index (χ0) is 27.1. The number of amides is 2. The van der Waals surface area contributed by atoms with Gasteiger partial charge < -0.3 is 10.1 Å². The molecule has 2 amide bonds. The van der Waals surface area contributed by atoms with Gasteiger partial charge in [0.2, 0.25) is 0 Å². The highest BCUT2D eigenvalue weighted by Crippen LogP contribution is 2.28. The first-order chi connectivity index (χ1) is 18.3. The number of para-hydroxylation sites is 1. The molecule has 1 aromatic heterocycles. The first-order valence-corrected chi connectivity index (χ1v) is 13.7. The lowest BCUT2D eigenvalue weighted by Gasteiger charge is -2.10. The Morgan fingerprint density at radius 3 is 2.21 bits per heavy atom. The van der Waals surface area contributed by atoms with Crippen LogP contribution < -0.4 is 10.0 Å². The second-order valence-electron chi connectivity index (χ2n) is 7.84. The molecular formula is C27H23BrN4O5S. The summed E-state index contributed by atoms with van der Waals surface area (Å²) < 4.78 is 34.6. The monoisotopic (exact) mass is 594 g/mol. The maximum atomic E-state index is 12.8. The molecule has 0 radical (unpaired) electrons. The smallest absolute Gasteiger partial charge is 0.360 e. The fraction of sp³-hybridized carbons (Fsp3) is 0.0741. The molecule has 38 heavy (non-hydrogen) atoms. The van der Waals surface area contributed by atoms with Crippen molar-refractivity contribution >= 4 is 55.8 Å². The van der Waals surface area contributed by atoms with Gasteiger partial charge in [-0.25, -0.2) is 27.4 Å². The van der Waals surface area contributed by atoms with E-state index in [0.29, 0.717) is 21.5 Å². The van der Waals surface area contributed by atoms with Crippen LogP contribution in [0.15, 0.2) is 94.3 Å². The molecule has 0 saturated heterocycles. The van der Waals surface area contributed by atoms with E-state index in [9.17, 15) is 18.0 Å². The first-order valence-electron chi connectivity index (χ1n) is 11.5. The minimum absolute atomic E-state index is 0.0792. The quantitative estimate of drug-likeness (QED) is 0.260. The average Bonchev–Trinajstić information content (AvgIpc) is 3.24. The molecule has 0 spiro atoms. The number of anilines is 1. The minimum atomic E-state index is -4.15. The van der Waals surface area contributed by atoms with Crippen molar-refractivity contribution in [1.29, 1.82) is 0 Å². The summed E-state index contributed by atoms with van der Waals surface area (Å²) in [6.07, 6.45) is 3.65. The van der Waals surface area contributed by atoms with E-state index in [1.807, 2.05) is 41.1 Å². The molecule has 0 aliphatic rings. The number of rotatable bonds is 8. The summed E-state index contributed by atoms with van der Waals surface area (Å²) in [5.74, 6) is -0.597. The van der Waals surface area contributed by atoms with Gasteiger partial charge in [-0.1, -0.05) is 54.6 Å². The Morgan fingerprint density at radius 1 is 0.947 bits per heavy atom. The summed E-state index contributed by atoms with van der Waals surface area (Å²) in [6.45, 7) is 1.89. The molecule has 0 aliphatic carbocycles. The van der Waals surface area contributed by atoms with E-state index in [1.165, 1.54) is 28.9 Å². The zero-order valence-corrected chi connectivity index (χ0v) is 22.6. The van der Waals surface area contributed by atoms with Crippen LogP contribution in [0.4, 0.5) is 10.5 Å². The molecule has 0 aliphatic heterocycles. The second kappa shape index (κ2) is 11.9. The summed E-state index contributed by atoms with van der Waals surface area (Å²) in [6, 6.07) is 22.9. The predicted molar refractivity (Wildman–Crippen MR) is 148 cm³/mol. The normalized spacial score (nSPS) is 11.3. The number of carbonyl (C=O) groups is 2. The van der Waals surface area contributed by atoms with E-state index in [0.717, 1.165) is 5.56 Å². The highest BCUT2D eigenvalue weighted by Gasteiger charge is 2.23. The molecule has 3 aromatic carbocycles. The van der Waals surface area contributed by atoms with E-state index < -0.39 is 22.0 Å². The van der Waals surface area contributed by atoms with E-state index in [1.54, 1.807) is 43.3 Å². The van der Waals surface area contributed by atoms with Crippen LogP contribution in [-0.2, 0) is 14.8 Å². The van der Waals surface area contributed by atoms with Crippen LogP contribution in [0.3, 0.4) is 0 Å². The molecular weight excluding hydrogens is 572 g/mol. The Hall–Kier alpha value is -4.22. The highest BCUT2D eigenvalue weighted by atomic mass is 79.9. The van der Waals surface area contributed by atoms with Crippen LogP contribution in [-0.4, -0.2) is 36.8 Å². The first kappa shape index (κ1) is 26.8. The van der Waals surface area contributed by atoms with Gasteiger partial charge in [-0.2, -0.15) is 5.10 Å². The van der Waals surface area contributed by atoms with E-state index in [2.05, 4.69) is 26.3 Å². The van der Waals surface area contributed by atoms with Gasteiger partial charge >= 0.3 is 12.0 Å². The number of benzene rings is 3. The molecule has 0 unspecified atom stereocenters.